The van der Waals surface area contributed by atoms with Gasteiger partial charge in [0.05, 0.1) is 5.69 Å². The molecule has 0 unspecified atom stereocenters. The van der Waals surface area contributed by atoms with Gasteiger partial charge in [-0.15, -0.1) is 0 Å². The molecule has 1 atom stereocenters. The summed E-state index contributed by atoms with van der Waals surface area (Å²) in [4.78, 5) is 26.5. The normalized spacial score (nSPS) is 15.8. The number of rotatable bonds is 3. The minimum atomic E-state index is -0.668. The third kappa shape index (κ3) is 2.57. The first-order valence-electron chi connectivity index (χ1n) is 7.96. The number of nitrogens with zero attached hydrogens (tertiary/aromatic N) is 3. The van der Waals surface area contributed by atoms with Gasteiger partial charge in [-0.05, 0) is 35.9 Å². The predicted octanol–water partition coefficient (Wildman–Crippen LogP) is 1.93. The Hall–Kier alpha value is -3.41. The molecule has 1 aliphatic heterocycles. The van der Waals surface area contributed by atoms with Crippen molar-refractivity contribution < 1.29 is 9.59 Å². The zero-order valence-electron chi connectivity index (χ0n) is 13.4. The third-order valence-corrected chi connectivity index (χ3v) is 4.39. The van der Waals surface area contributed by atoms with Crippen LogP contribution in [0.5, 0.6) is 0 Å². The molecule has 0 saturated heterocycles. The van der Waals surface area contributed by atoms with Crippen molar-refractivity contribution in [3.05, 3.63) is 78.1 Å². The van der Waals surface area contributed by atoms with Crippen LogP contribution in [0.2, 0.25) is 0 Å². The molecule has 2 heterocycles. The number of fused-ring (bicyclic) bond motifs is 1. The van der Waals surface area contributed by atoms with Crippen LogP contribution < -0.4 is 10.6 Å². The first-order chi connectivity index (χ1) is 12.1. The Morgan fingerprint density at radius 2 is 1.92 bits per heavy atom. The van der Waals surface area contributed by atoms with Crippen LogP contribution in [-0.2, 0) is 11.2 Å². The van der Waals surface area contributed by atoms with E-state index in [9.17, 15) is 9.59 Å². The maximum Gasteiger partial charge on any atom is 0.259 e. The van der Waals surface area contributed by atoms with E-state index < -0.39 is 11.9 Å². The maximum absolute atomic E-state index is 13.1. The van der Waals surface area contributed by atoms with Gasteiger partial charge in [-0.1, -0.05) is 24.3 Å². The minimum Gasteiger partial charge on any atom is -0.368 e. The molecular formula is C19H16N4O2. The number of carbonyl (C=O) groups excluding carboxylic acids is 2. The van der Waals surface area contributed by atoms with Crippen molar-refractivity contribution in [2.45, 2.75) is 12.5 Å². The van der Waals surface area contributed by atoms with Gasteiger partial charge in [0.2, 0.25) is 5.91 Å². The van der Waals surface area contributed by atoms with Crippen molar-refractivity contribution in [3.63, 3.8) is 0 Å². The lowest BCUT2D eigenvalue weighted by atomic mass is 10.1. The van der Waals surface area contributed by atoms with Gasteiger partial charge in [0.15, 0.2) is 0 Å². The smallest absolute Gasteiger partial charge is 0.259 e. The molecule has 0 bridgehead atoms. The summed E-state index contributed by atoms with van der Waals surface area (Å²) in [6, 6.07) is 15.8. The highest BCUT2D eigenvalue weighted by Crippen LogP contribution is 2.33. The van der Waals surface area contributed by atoms with Crippen molar-refractivity contribution in [2.75, 3.05) is 4.90 Å². The van der Waals surface area contributed by atoms with Crippen LogP contribution in [0.1, 0.15) is 15.9 Å². The lowest BCUT2D eigenvalue weighted by Crippen LogP contribution is -2.46. The minimum absolute atomic E-state index is 0.247. The van der Waals surface area contributed by atoms with Crippen molar-refractivity contribution in [1.29, 1.82) is 0 Å². The van der Waals surface area contributed by atoms with Gasteiger partial charge in [-0.25, -0.2) is 4.68 Å². The molecule has 0 saturated carbocycles. The lowest BCUT2D eigenvalue weighted by molar-refractivity contribution is -0.119. The molecule has 1 aromatic heterocycles. The van der Waals surface area contributed by atoms with Crippen LogP contribution in [-0.4, -0.2) is 27.6 Å². The second-order valence-electron chi connectivity index (χ2n) is 5.93. The van der Waals surface area contributed by atoms with E-state index in [4.69, 9.17) is 5.73 Å². The van der Waals surface area contributed by atoms with E-state index in [0.717, 1.165) is 16.9 Å². The van der Waals surface area contributed by atoms with E-state index in [-0.39, 0.29) is 5.91 Å². The fourth-order valence-corrected chi connectivity index (χ4v) is 3.21. The van der Waals surface area contributed by atoms with Crippen molar-refractivity contribution >= 4 is 17.5 Å². The summed E-state index contributed by atoms with van der Waals surface area (Å²) in [5.74, 6) is -0.754. The molecule has 2 N–H and O–H groups in total. The Kier molecular flexibility index (Phi) is 3.57. The van der Waals surface area contributed by atoms with E-state index in [1.54, 1.807) is 35.3 Å². The number of aromatic nitrogens is 2. The molecule has 0 aliphatic carbocycles. The second-order valence-corrected chi connectivity index (χ2v) is 5.93. The summed E-state index contributed by atoms with van der Waals surface area (Å²) in [7, 11) is 0. The number of para-hydroxylation sites is 1. The fraction of sp³-hybridized carbons (Fsp3) is 0.105. The van der Waals surface area contributed by atoms with Crippen LogP contribution in [0.15, 0.2) is 67.0 Å². The SMILES string of the molecule is NC(=O)[C@@H]1Cc2ccccc2N1C(=O)c1cccc(-n2cccn2)c1. The molecule has 2 aromatic carbocycles. The summed E-state index contributed by atoms with van der Waals surface area (Å²) in [6.07, 6.45) is 3.92. The number of carbonyl (C=O) groups is 2. The lowest BCUT2D eigenvalue weighted by Gasteiger charge is -2.23. The molecule has 124 valence electrons. The Balaban J connectivity index is 1.75. The van der Waals surface area contributed by atoms with Crippen LogP contribution >= 0.6 is 0 Å². The van der Waals surface area contributed by atoms with Gasteiger partial charge in [0.1, 0.15) is 6.04 Å². The number of primary amides is 1. The molecule has 6 nitrogen and oxygen atoms in total. The van der Waals surface area contributed by atoms with Gasteiger partial charge < -0.3 is 5.73 Å². The van der Waals surface area contributed by atoms with E-state index in [1.165, 1.54) is 4.90 Å². The highest BCUT2D eigenvalue weighted by molar-refractivity contribution is 6.11. The maximum atomic E-state index is 13.1. The van der Waals surface area contributed by atoms with E-state index in [0.29, 0.717) is 12.0 Å². The standard InChI is InChI=1S/C19H16N4O2/c20-18(24)17-12-13-5-1-2-8-16(13)23(17)19(25)14-6-3-7-15(11-14)22-10-4-9-21-22/h1-11,17H,12H2,(H2,20,24)/t17-/m0/s1. The molecule has 3 aromatic rings. The molecule has 0 spiro atoms. The first-order valence-corrected chi connectivity index (χ1v) is 7.96. The van der Waals surface area contributed by atoms with Crippen LogP contribution in [0.25, 0.3) is 5.69 Å². The van der Waals surface area contributed by atoms with Gasteiger partial charge in [0.25, 0.3) is 5.91 Å². The summed E-state index contributed by atoms with van der Waals surface area (Å²) >= 11 is 0. The molecular weight excluding hydrogens is 316 g/mol. The molecule has 0 radical (unpaired) electrons. The van der Waals surface area contributed by atoms with Crippen molar-refractivity contribution in [3.8, 4) is 5.69 Å². The Morgan fingerprint density at radius 1 is 1.08 bits per heavy atom. The number of benzene rings is 2. The van der Waals surface area contributed by atoms with Crippen molar-refractivity contribution in [1.82, 2.24) is 9.78 Å². The summed E-state index contributed by atoms with van der Waals surface area (Å²) in [5.41, 5.74) is 8.49. The molecule has 0 fully saturated rings. The number of hydrogen-bond donors (Lipinski definition) is 1. The monoisotopic (exact) mass is 332 g/mol. The summed E-state index contributed by atoms with van der Waals surface area (Å²) < 4.78 is 1.68. The number of hydrogen-bond acceptors (Lipinski definition) is 3. The average Bonchev–Trinajstić information content (AvgIpc) is 3.29. The van der Waals surface area contributed by atoms with E-state index >= 15 is 0 Å². The Labute approximate surface area is 144 Å². The third-order valence-electron chi connectivity index (χ3n) is 4.39. The molecule has 2 amide bonds. The highest BCUT2D eigenvalue weighted by atomic mass is 16.2. The Bertz CT molecular complexity index is 950. The Morgan fingerprint density at radius 3 is 2.68 bits per heavy atom. The number of nitrogens with two attached hydrogens (primary N) is 1. The largest absolute Gasteiger partial charge is 0.368 e. The van der Waals surface area contributed by atoms with Crippen LogP contribution in [0.4, 0.5) is 5.69 Å². The molecule has 25 heavy (non-hydrogen) atoms. The zero-order chi connectivity index (χ0) is 17.4. The first kappa shape index (κ1) is 15.1. The summed E-state index contributed by atoms with van der Waals surface area (Å²) in [5, 5.41) is 4.18. The molecule has 1 aliphatic rings. The highest BCUT2D eigenvalue weighted by Gasteiger charge is 2.37. The average molecular weight is 332 g/mol. The van der Waals surface area contributed by atoms with Crippen LogP contribution in [0.3, 0.4) is 0 Å². The number of anilines is 1. The van der Waals surface area contributed by atoms with Crippen molar-refractivity contribution in [2.24, 2.45) is 5.73 Å². The molecule has 6 heteroatoms. The van der Waals surface area contributed by atoms with Gasteiger partial charge in [-0.2, -0.15) is 5.10 Å². The van der Waals surface area contributed by atoms with E-state index in [2.05, 4.69) is 5.10 Å². The quantitative estimate of drug-likeness (QED) is 0.796. The van der Waals surface area contributed by atoms with Gasteiger partial charge >= 0.3 is 0 Å². The zero-order valence-corrected chi connectivity index (χ0v) is 13.4. The van der Waals surface area contributed by atoms with Crippen LogP contribution in [0, 0.1) is 0 Å². The summed E-state index contributed by atoms with van der Waals surface area (Å²) in [6.45, 7) is 0. The topological polar surface area (TPSA) is 81.2 Å². The van der Waals surface area contributed by atoms with Gasteiger partial charge in [-0.3, -0.25) is 14.5 Å². The second kappa shape index (κ2) is 5.90. The number of amides is 2. The predicted molar refractivity (Wildman–Crippen MR) is 93.5 cm³/mol. The molecule has 4 rings (SSSR count). The fourth-order valence-electron chi connectivity index (χ4n) is 3.21. The van der Waals surface area contributed by atoms with E-state index in [1.807, 2.05) is 36.4 Å². The van der Waals surface area contributed by atoms with Gasteiger partial charge in [0, 0.05) is 30.1 Å².